The van der Waals surface area contributed by atoms with E-state index >= 15 is 8.78 Å². The van der Waals surface area contributed by atoms with Crippen LogP contribution in [-0.2, 0) is 12.8 Å². The molecule has 0 saturated carbocycles. The predicted octanol–water partition coefficient (Wildman–Crippen LogP) is 5.79. The maximum atomic E-state index is 15.5. The molecule has 1 fully saturated rings. The topological polar surface area (TPSA) is 26.7 Å². The zero-order valence-electron chi connectivity index (χ0n) is 19.6. The first-order chi connectivity index (χ1) is 16.6. The number of hydrogen-bond donors (Lipinski definition) is 1. The fourth-order valence-electron chi connectivity index (χ4n) is 5.59. The van der Waals surface area contributed by atoms with E-state index in [4.69, 9.17) is 0 Å². The first-order valence-electron chi connectivity index (χ1n) is 12.0. The molecule has 3 atom stereocenters. The van der Waals surface area contributed by atoms with Crippen LogP contribution >= 0.6 is 0 Å². The molecule has 0 unspecified atom stereocenters. The van der Waals surface area contributed by atoms with Gasteiger partial charge in [-0.25, -0.2) is 8.78 Å². The van der Waals surface area contributed by atoms with Crippen molar-refractivity contribution in [3.8, 4) is 5.75 Å². The van der Waals surface area contributed by atoms with Gasteiger partial charge in [-0.15, -0.1) is 0 Å². The van der Waals surface area contributed by atoms with Gasteiger partial charge >= 0.3 is 6.18 Å². The lowest BCUT2D eigenvalue weighted by Gasteiger charge is -2.42. The normalized spacial score (nSPS) is 23.6. The van der Waals surface area contributed by atoms with Crippen LogP contribution in [-0.4, -0.2) is 60.0 Å². The van der Waals surface area contributed by atoms with Gasteiger partial charge in [0.1, 0.15) is 17.4 Å². The van der Waals surface area contributed by atoms with Crippen molar-refractivity contribution in [2.45, 2.75) is 50.9 Å². The van der Waals surface area contributed by atoms with Gasteiger partial charge in [-0.3, -0.25) is 9.29 Å². The highest BCUT2D eigenvalue weighted by atomic mass is 19.4. The van der Waals surface area contributed by atoms with Crippen molar-refractivity contribution in [3.63, 3.8) is 0 Å². The number of rotatable bonds is 7. The summed E-state index contributed by atoms with van der Waals surface area (Å²) in [5.74, 6) is -1.62. The highest BCUT2D eigenvalue weighted by Crippen LogP contribution is 2.42. The zero-order valence-corrected chi connectivity index (χ0v) is 19.6. The zero-order chi connectivity index (χ0) is 25.3. The molecule has 3 nitrogen and oxygen atoms in total. The first-order valence-corrected chi connectivity index (χ1v) is 12.0. The molecule has 1 N–H and O–H groups in total. The van der Waals surface area contributed by atoms with E-state index in [1.165, 1.54) is 30.3 Å². The monoisotopic (exact) mass is 500 g/mol. The minimum Gasteiger partial charge on any atom is -0.508 e. The summed E-state index contributed by atoms with van der Waals surface area (Å²) in [5.41, 5.74) is 0.976. The van der Waals surface area contributed by atoms with Gasteiger partial charge in [0.2, 0.25) is 0 Å². The molecule has 2 aromatic rings. The Morgan fingerprint density at radius 1 is 1.09 bits per heavy atom. The Hall–Kier alpha value is -2.26. The average molecular weight is 501 g/mol. The van der Waals surface area contributed by atoms with Crippen molar-refractivity contribution in [1.82, 2.24) is 9.80 Å². The van der Waals surface area contributed by atoms with Crippen LogP contribution in [0.25, 0.3) is 0 Å². The second kappa shape index (κ2) is 10.4. The highest BCUT2D eigenvalue weighted by Gasteiger charge is 2.42. The lowest BCUT2D eigenvalue weighted by molar-refractivity contribution is -0.155. The summed E-state index contributed by atoms with van der Waals surface area (Å²) in [6.45, 7) is 2.08. The second-order valence-corrected chi connectivity index (χ2v) is 9.80. The van der Waals surface area contributed by atoms with Crippen molar-refractivity contribution >= 4 is 0 Å². The quantitative estimate of drug-likeness (QED) is 0.488. The van der Waals surface area contributed by atoms with Gasteiger partial charge in [-0.2, -0.15) is 13.2 Å². The summed E-state index contributed by atoms with van der Waals surface area (Å²) in [7, 11) is 0. The molecule has 192 valence electrons. The van der Waals surface area contributed by atoms with Crippen molar-refractivity contribution in [2.75, 3.05) is 32.9 Å². The number of benzene rings is 2. The van der Waals surface area contributed by atoms with E-state index in [2.05, 4.69) is 4.90 Å². The van der Waals surface area contributed by atoms with Crippen LogP contribution in [0.5, 0.6) is 5.75 Å². The molecule has 2 heterocycles. The van der Waals surface area contributed by atoms with Gasteiger partial charge in [0, 0.05) is 24.7 Å². The highest BCUT2D eigenvalue weighted by molar-refractivity contribution is 5.45. The number of likely N-dealkylation sites (tertiary alicyclic amines) is 1. The van der Waals surface area contributed by atoms with E-state index in [1.807, 2.05) is 0 Å². The van der Waals surface area contributed by atoms with Crippen LogP contribution in [0.4, 0.5) is 26.3 Å². The fourth-order valence-corrected chi connectivity index (χ4v) is 5.59. The van der Waals surface area contributed by atoms with Gasteiger partial charge in [-0.05, 0) is 86.0 Å². The Balaban J connectivity index is 1.65. The van der Waals surface area contributed by atoms with E-state index in [0.717, 1.165) is 24.4 Å². The summed E-state index contributed by atoms with van der Waals surface area (Å²) in [6.07, 6.45) is -2.59. The fraction of sp³-hybridized carbons (Fsp3) is 0.538. The Kier molecular flexibility index (Phi) is 7.66. The molecule has 0 amide bonds. The van der Waals surface area contributed by atoms with E-state index in [9.17, 15) is 22.7 Å². The minimum atomic E-state index is -4.55. The van der Waals surface area contributed by atoms with Crippen LogP contribution in [0.2, 0.25) is 0 Å². The van der Waals surface area contributed by atoms with Crippen LogP contribution in [0.15, 0.2) is 30.3 Å². The summed E-state index contributed by atoms with van der Waals surface area (Å²) in [4.78, 5) is 3.22. The number of phenols is 1. The summed E-state index contributed by atoms with van der Waals surface area (Å²) >= 11 is 0. The number of halogens is 6. The predicted molar refractivity (Wildman–Crippen MR) is 121 cm³/mol. The lowest BCUT2D eigenvalue weighted by atomic mass is 9.84. The molecule has 2 aromatic carbocycles. The molecule has 0 aromatic heterocycles. The van der Waals surface area contributed by atoms with Gasteiger partial charge < -0.3 is 10.0 Å². The van der Waals surface area contributed by atoms with Gasteiger partial charge in [-0.1, -0.05) is 6.07 Å². The third kappa shape index (κ3) is 5.94. The minimum absolute atomic E-state index is 0.0487. The van der Waals surface area contributed by atoms with E-state index in [0.29, 0.717) is 36.1 Å². The number of phenolic OH excluding ortho intramolecular Hbond substituents is 1. The van der Waals surface area contributed by atoms with E-state index < -0.39 is 42.0 Å². The van der Waals surface area contributed by atoms with Crippen LogP contribution in [0.3, 0.4) is 0 Å². The number of hydrogen-bond acceptors (Lipinski definition) is 3. The number of alkyl halides is 4. The number of aromatic hydroxyl groups is 1. The Morgan fingerprint density at radius 2 is 1.80 bits per heavy atom. The largest absolute Gasteiger partial charge is 0.508 e. The van der Waals surface area contributed by atoms with Crippen LogP contribution in [0.1, 0.15) is 48.1 Å². The molecule has 0 bridgehead atoms. The maximum absolute atomic E-state index is 15.5. The molecule has 0 spiro atoms. The Labute approximate surface area is 201 Å². The third-order valence-corrected chi connectivity index (χ3v) is 7.11. The lowest BCUT2D eigenvalue weighted by Crippen LogP contribution is -2.47. The molecule has 0 aliphatic carbocycles. The van der Waals surface area contributed by atoms with Crippen LogP contribution < -0.4 is 0 Å². The number of nitrogens with zero attached hydrogens (tertiary/aromatic N) is 2. The van der Waals surface area contributed by atoms with Crippen molar-refractivity contribution in [3.05, 3.63) is 64.2 Å². The summed E-state index contributed by atoms with van der Waals surface area (Å²) in [6, 6.07) is 4.76. The number of fused-ring (bicyclic) bond motifs is 1. The molecule has 9 heteroatoms. The molecular formula is C26H30F6N2O. The smallest absolute Gasteiger partial charge is 0.401 e. The summed E-state index contributed by atoms with van der Waals surface area (Å²) in [5, 5.41) is 9.87. The molecule has 35 heavy (non-hydrogen) atoms. The summed E-state index contributed by atoms with van der Waals surface area (Å²) < 4.78 is 83.7. The maximum Gasteiger partial charge on any atom is 0.401 e. The molecule has 2 aliphatic rings. The molecule has 2 aliphatic heterocycles. The SMILES string of the molecule is C[C@@H]1Cc2cc(O)ccc2[C@@H](c2c(F)cc(C[C@H]3CCN(CCCF)C3)cc2F)N1CC(F)(F)F. The Morgan fingerprint density at radius 3 is 2.46 bits per heavy atom. The van der Waals surface area contributed by atoms with Gasteiger partial charge in [0.15, 0.2) is 0 Å². The van der Waals surface area contributed by atoms with Gasteiger partial charge in [0.25, 0.3) is 0 Å². The second-order valence-electron chi connectivity index (χ2n) is 9.80. The molecule has 1 saturated heterocycles. The average Bonchev–Trinajstić information content (AvgIpc) is 3.20. The van der Waals surface area contributed by atoms with Crippen LogP contribution in [0, 0.1) is 17.6 Å². The first kappa shape index (κ1) is 25.8. The molecular weight excluding hydrogens is 470 g/mol. The standard InChI is InChI=1S/C26H30F6N2O/c1-16-9-19-13-20(35)3-4-21(19)25(34(16)15-26(30,31)32)24-22(28)11-18(12-23(24)29)10-17-5-8-33(14-17)7-2-6-27/h3-4,11-13,16-17,25,35H,2,5-10,14-15H2,1H3/t16-,17-,25+/m1/s1. The van der Waals surface area contributed by atoms with Crippen molar-refractivity contribution < 1.29 is 31.4 Å². The van der Waals surface area contributed by atoms with Gasteiger partial charge in [0.05, 0.1) is 19.3 Å². The van der Waals surface area contributed by atoms with Crippen molar-refractivity contribution in [1.29, 1.82) is 0 Å². The van der Waals surface area contributed by atoms with E-state index in [1.54, 1.807) is 6.92 Å². The Bertz CT molecular complexity index is 1020. The molecule has 4 rings (SSSR count). The molecule has 0 radical (unpaired) electrons. The van der Waals surface area contributed by atoms with E-state index in [-0.39, 0.29) is 24.8 Å². The van der Waals surface area contributed by atoms with Crippen molar-refractivity contribution in [2.24, 2.45) is 5.92 Å². The third-order valence-electron chi connectivity index (χ3n) is 7.11.